The minimum Gasteiger partial charge on any atom is -0.483 e. The first-order valence-electron chi connectivity index (χ1n) is 12.9. The third-order valence-electron chi connectivity index (χ3n) is 7.24. The molecule has 0 fully saturated rings. The lowest BCUT2D eigenvalue weighted by Gasteiger charge is -2.33. The molecule has 0 aliphatic carbocycles. The molecule has 2 aliphatic rings. The Kier molecular flexibility index (Phi) is 7.80. The molecule has 0 radical (unpaired) electrons. The number of benzene rings is 3. The summed E-state index contributed by atoms with van der Waals surface area (Å²) >= 11 is 0. The zero-order valence-corrected chi connectivity index (χ0v) is 21.5. The molecule has 6 nitrogen and oxygen atoms in total. The number of amides is 1. The van der Waals surface area contributed by atoms with E-state index in [9.17, 15) is 32.3 Å². The summed E-state index contributed by atoms with van der Waals surface area (Å²) in [4.78, 5) is 26.3. The van der Waals surface area contributed by atoms with Crippen LogP contribution in [0.3, 0.4) is 0 Å². The fourth-order valence-corrected chi connectivity index (χ4v) is 5.39. The van der Waals surface area contributed by atoms with Gasteiger partial charge in [-0.25, -0.2) is 4.39 Å². The van der Waals surface area contributed by atoms with Crippen molar-refractivity contribution in [1.82, 2.24) is 4.90 Å². The van der Waals surface area contributed by atoms with E-state index in [1.165, 1.54) is 30.3 Å². The maximum Gasteiger partial charge on any atom is 0.422 e. The van der Waals surface area contributed by atoms with Gasteiger partial charge in [0.05, 0.1) is 25.6 Å². The fraction of sp³-hybridized carbons (Fsp3) is 0.333. The van der Waals surface area contributed by atoms with Gasteiger partial charge in [-0.05, 0) is 64.4 Å². The van der Waals surface area contributed by atoms with Crippen LogP contribution in [0.25, 0.3) is 11.1 Å². The van der Waals surface area contributed by atoms with Gasteiger partial charge in [-0.1, -0.05) is 36.4 Å². The van der Waals surface area contributed by atoms with Crippen LogP contribution in [0, 0.1) is 5.82 Å². The summed E-state index contributed by atoms with van der Waals surface area (Å²) in [6.07, 6.45) is -4.27. The molecule has 0 saturated heterocycles. The van der Waals surface area contributed by atoms with Gasteiger partial charge in [-0.2, -0.15) is 13.2 Å². The number of carboxylic acids is 1. The van der Waals surface area contributed by atoms with E-state index in [1.807, 2.05) is 24.3 Å². The first-order chi connectivity index (χ1) is 19.1. The first kappa shape index (κ1) is 27.6. The smallest absolute Gasteiger partial charge is 0.422 e. The van der Waals surface area contributed by atoms with Gasteiger partial charge in [-0.3, -0.25) is 9.59 Å². The normalized spacial score (nSPS) is 16.7. The fourth-order valence-electron chi connectivity index (χ4n) is 5.39. The minimum atomic E-state index is -4.59. The summed E-state index contributed by atoms with van der Waals surface area (Å²) in [6, 6.07) is 14.6. The van der Waals surface area contributed by atoms with Crippen molar-refractivity contribution in [3.63, 3.8) is 0 Å². The number of alkyl halides is 3. The Bertz CT molecular complexity index is 1440. The molecule has 0 aromatic heterocycles. The van der Waals surface area contributed by atoms with E-state index in [0.717, 1.165) is 17.5 Å². The predicted molar refractivity (Wildman–Crippen MR) is 137 cm³/mol. The second-order valence-electron chi connectivity index (χ2n) is 9.93. The van der Waals surface area contributed by atoms with Crippen molar-refractivity contribution in [2.75, 3.05) is 19.8 Å². The summed E-state index contributed by atoms with van der Waals surface area (Å²) in [5.41, 5.74) is 3.85. The van der Waals surface area contributed by atoms with Gasteiger partial charge in [0.2, 0.25) is 5.91 Å². The molecule has 0 spiro atoms. The number of aliphatic carboxylic acids is 1. The number of ether oxygens (including phenoxy) is 2. The molecule has 40 heavy (non-hydrogen) atoms. The molecule has 1 unspecified atom stereocenters. The number of nitrogens with zero attached hydrogens (tertiary/aromatic N) is 1. The van der Waals surface area contributed by atoms with E-state index in [-0.39, 0.29) is 49.6 Å². The Labute approximate surface area is 228 Å². The SMILES string of the molecule is O=C(O)Cc1ccc(OCC(F)(F)F)c(-c2ccc(F)c3c2CN(C(=O)CC2OCCc4ccccc42)CC3)c1. The summed E-state index contributed by atoms with van der Waals surface area (Å²) in [5.74, 6) is -1.89. The number of carbonyl (C=O) groups excluding carboxylic acids is 1. The largest absolute Gasteiger partial charge is 0.483 e. The van der Waals surface area contributed by atoms with Gasteiger partial charge in [0, 0.05) is 18.7 Å². The van der Waals surface area contributed by atoms with E-state index >= 15 is 0 Å². The highest BCUT2D eigenvalue weighted by Gasteiger charge is 2.32. The number of halogens is 4. The maximum atomic E-state index is 14.9. The average molecular weight is 558 g/mol. The molecule has 3 aromatic carbocycles. The van der Waals surface area contributed by atoms with E-state index in [1.54, 1.807) is 4.90 Å². The molecule has 0 saturated carbocycles. The molecular formula is C30H27F4NO5. The number of carbonyl (C=O) groups is 2. The molecule has 2 heterocycles. The highest BCUT2D eigenvalue weighted by Crippen LogP contribution is 2.39. The summed E-state index contributed by atoms with van der Waals surface area (Å²) in [7, 11) is 0. The minimum absolute atomic E-state index is 0.0392. The summed E-state index contributed by atoms with van der Waals surface area (Å²) in [6.45, 7) is -0.732. The van der Waals surface area contributed by atoms with Crippen LogP contribution in [0.2, 0.25) is 0 Å². The van der Waals surface area contributed by atoms with Gasteiger partial charge >= 0.3 is 12.1 Å². The van der Waals surface area contributed by atoms with Crippen LogP contribution in [-0.4, -0.2) is 47.8 Å². The highest BCUT2D eigenvalue weighted by molar-refractivity contribution is 5.80. The Hall–Kier alpha value is -3.92. The van der Waals surface area contributed by atoms with Crippen LogP contribution in [-0.2, 0) is 40.1 Å². The maximum absolute atomic E-state index is 14.9. The quantitative estimate of drug-likeness (QED) is 0.380. The van der Waals surface area contributed by atoms with Crippen molar-refractivity contribution in [3.8, 4) is 16.9 Å². The topological polar surface area (TPSA) is 76.1 Å². The molecule has 1 atom stereocenters. The zero-order chi connectivity index (χ0) is 28.4. The second-order valence-corrected chi connectivity index (χ2v) is 9.93. The molecule has 2 aliphatic heterocycles. The van der Waals surface area contributed by atoms with E-state index in [4.69, 9.17) is 9.47 Å². The van der Waals surface area contributed by atoms with Crippen LogP contribution in [0.1, 0.15) is 40.3 Å². The van der Waals surface area contributed by atoms with Crippen molar-refractivity contribution in [3.05, 3.63) is 88.2 Å². The number of fused-ring (bicyclic) bond motifs is 2. The lowest BCUT2D eigenvalue weighted by molar-refractivity contribution is -0.153. The van der Waals surface area contributed by atoms with E-state index < -0.39 is 30.7 Å². The van der Waals surface area contributed by atoms with Crippen LogP contribution >= 0.6 is 0 Å². The highest BCUT2D eigenvalue weighted by atomic mass is 19.4. The number of hydrogen-bond donors (Lipinski definition) is 1. The number of rotatable bonds is 7. The Morgan fingerprint density at radius 2 is 1.82 bits per heavy atom. The third kappa shape index (κ3) is 6.12. The monoisotopic (exact) mass is 557 g/mol. The second kappa shape index (κ2) is 11.3. The van der Waals surface area contributed by atoms with Crippen LogP contribution in [0.15, 0.2) is 54.6 Å². The van der Waals surface area contributed by atoms with Gasteiger partial charge in [0.25, 0.3) is 0 Å². The lowest BCUT2D eigenvalue weighted by atomic mass is 9.89. The Morgan fingerprint density at radius 1 is 1.02 bits per heavy atom. The Morgan fingerprint density at radius 3 is 2.60 bits per heavy atom. The van der Waals surface area contributed by atoms with Crippen LogP contribution in [0.5, 0.6) is 5.75 Å². The molecule has 10 heteroatoms. The molecule has 5 rings (SSSR count). The standard InChI is InChI=1S/C30H27F4NO5/c31-25-7-6-21(23-13-18(14-29(37)38)5-8-26(23)40-17-30(32,33)34)24-16-35(11-9-22(24)25)28(36)15-27-20-4-2-1-3-19(20)10-12-39-27/h1-8,13,27H,9-12,14-17H2,(H,37,38). The first-order valence-corrected chi connectivity index (χ1v) is 12.9. The van der Waals surface area contributed by atoms with E-state index in [0.29, 0.717) is 28.9 Å². The van der Waals surface area contributed by atoms with E-state index in [2.05, 4.69) is 0 Å². The average Bonchev–Trinajstić information content (AvgIpc) is 2.92. The van der Waals surface area contributed by atoms with Crippen molar-refractivity contribution in [2.24, 2.45) is 0 Å². The lowest BCUT2D eigenvalue weighted by Crippen LogP contribution is -2.38. The van der Waals surface area contributed by atoms with Crippen molar-refractivity contribution in [2.45, 2.75) is 44.5 Å². The van der Waals surface area contributed by atoms with Crippen LogP contribution in [0.4, 0.5) is 17.6 Å². The predicted octanol–water partition coefficient (Wildman–Crippen LogP) is 5.65. The zero-order valence-electron chi connectivity index (χ0n) is 21.5. The van der Waals surface area contributed by atoms with Gasteiger partial charge in [0.15, 0.2) is 6.61 Å². The van der Waals surface area contributed by atoms with Crippen molar-refractivity contribution >= 4 is 11.9 Å². The van der Waals surface area contributed by atoms with Crippen LogP contribution < -0.4 is 4.74 Å². The molecular weight excluding hydrogens is 530 g/mol. The molecule has 1 N–H and O–H groups in total. The molecule has 1 amide bonds. The third-order valence-corrected chi connectivity index (χ3v) is 7.24. The summed E-state index contributed by atoms with van der Waals surface area (Å²) in [5, 5.41) is 9.24. The van der Waals surface area contributed by atoms with Crippen molar-refractivity contribution in [1.29, 1.82) is 0 Å². The molecule has 210 valence electrons. The summed E-state index contributed by atoms with van der Waals surface area (Å²) < 4.78 is 64.8. The Balaban J connectivity index is 1.46. The molecule has 3 aromatic rings. The molecule has 0 bridgehead atoms. The van der Waals surface area contributed by atoms with Gasteiger partial charge < -0.3 is 19.5 Å². The van der Waals surface area contributed by atoms with Gasteiger partial charge in [0.1, 0.15) is 11.6 Å². The van der Waals surface area contributed by atoms with Crippen molar-refractivity contribution < 1.29 is 41.7 Å². The van der Waals surface area contributed by atoms with Gasteiger partial charge in [-0.15, -0.1) is 0 Å². The number of hydrogen-bond acceptors (Lipinski definition) is 4. The number of carboxylic acid groups (broad SMARTS) is 1.